The zero-order valence-corrected chi connectivity index (χ0v) is 12.1. The second kappa shape index (κ2) is 7.74. The molecule has 0 radical (unpaired) electrons. The van der Waals surface area contributed by atoms with Gasteiger partial charge in [-0.25, -0.2) is 0 Å². The number of carbonyl (C=O) groups excluding carboxylic acids is 1. The van der Waals surface area contributed by atoms with E-state index in [1.54, 1.807) is 0 Å². The topological polar surface area (TPSA) is 58.4 Å². The number of nitrogens with two attached hydrogens (primary N) is 1. The van der Waals surface area contributed by atoms with Crippen LogP contribution in [0.3, 0.4) is 0 Å². The lowest BCUT2D eigenvalue weighted by atomic mass is 10.1. The second-order valence-corrected chi connectivity index (χ2v) is 5.84. The summed E-state index contributed by atoms with van der Waals surface area (Å²) in [6.07, 6.45) is 5.08. The Morgan fingerprint density at radius 1 is 1.39 bits per heavy atom. The van der Waals surface area contributed by atoms with Crippen LogP contribution in [0.1, 0.15) is 46.0 Å². The van der Waals surface area contributed by atoms with Crippen molar-refractivity contribution < 1.29 is 4.79 Å². The summed E-state index contributed by atoms with van der Waals surface area (Å²) in [5, 5.41) is 2.96. The third-order valence-corrected chi connectivity index (χ3v) is 3.79. The highest BCUT2D eigenvalue weighted by atomic mass is 16.1. The Kier molecular flexibility index (Phi) is 6.65. The van der Waals surface area contributed by atoms with Crippen LogP contribution >= 0.6 is 0 Å². The van der Waals surface area contributed by atoms with E-state index in [4.69, 9.17) is 5.73 Å². The molecule has 0 saturated heterocycles. The quantitative estimate of drug-likeness (QED) is 0.611. The first-order valence-electron chi connectivity index (χ1n) is 7.23. The highest BCUT2D eigenvalue weighted by Gasteiger charge is 2.29. The van der Waals surface area contributed by atoms with Gasteiger partial charge in [0.05, 0.1) is 0 Å². The van der Waals surface area contributed by atoms with E-state index < -0.39 is 0 Å². The number of hydrogen-bond acceptors (Lipinski definition) is 3. The number of nitrogens with zero attached hydrogens (tertiary/aromatic N) is 1. The molecule has 1 saturated carbocycles. The number of unbranched alkanes of at least 4 members (excludes halogenated alkanes) is 1. The van der Waals surface area contributed by atoms with E-state index in [0.717, 1.165) is 25.9 Å². The van der Waals surface area contributed by atoms with E-state index >= 15 is 0 Å². The normalized spacial score (nSPS) is 17.2. The standard InChI is InChI=1S/C14H29N3O/c1-11(2)17(3)9-5-4-8-16-14(18)10-13(15)12-6-7-12/h11-13H,4-10,15H2,1-3H3,(H,16,18). The van der Waals surface area contributed by atoms with Crippen LogP contribution in [0.15, 0.2) is 0 Å². The van der Waals surface area contributed by atoms with Gasteiger partial charge in [0, 0.05) is 25.0 Å². The van der Waals surface area contributed by atoms with Crippen molar-refractivity contribution in [3.63, 3.8) is 0 Å². The van der Waals surface area contributed by atoms with Gasteiger partial charge >= 0.3 is 0 Å². The van der Waals surface area contributed by atoms with Crippen molar-refractivity contribution in [1.82, 2.24) is 10.2 Å². The summed E-state index contributed by atoms with van der Waals surface area (Å²) < 4.78 is 0. The number of amides is 1. The van der Waals surface area contributed by atoms with Gasteiger partial charge < -0.3 is 16.0 Å². The van der Waals surface area contributed by atoms with Gasteiger partial charge in [-0.15, -0.1) is 0 Å². The molecule has 3 N–H and O–H groups in total. The first-order chi connectivity index (χ1) is 8.50. The molecule has 0 aromatic heterocycles. The van der Waals surface area contributed by atoms with Crippen molar-refractivity contribution in [2.75, 3.05) is 20.1 Å². The smallest absolute Gasteiger partial charge is 0.221 e. The van der Waals surface area contributed by atoms with E-state index in [-0.39, 0.29) is 11.9 Å². The van der Waals surface area contributed by atoms with Crippen LogP contribution in [-0.2, 0) is 4.79 Å². The number of hydrogen-bond donors (Lipinski definition) is 2. The molecule has 0 aromatic rings. The highest BCUT2D eigenvalue weighted by molar-refractivity contribution is 5.76. The Labute approximate surface area is 111 Å². The van der Waals surface area contributed by atoms with Crippen molar-refractivity contribution in [3.8, 4) is 0 Å². The minimum absolute atomic E-state index is 0.0806. The van der Waals surface area contributed by atoms with Gasteiger partial charge in [-0.2, -0.15) is 0 Å². The molecule has 0 aliphatic heterocycles. The van der Waals surface area contributed by atoms with Crippen LogP contribution in [0.2, 0.25) is 0 Å². The van der Waals surface area contributed by atoms with Crippen LogP contribution in [0.4, 0.5) is 0 Å². The van der Waals surface area contributed by atoms with Gasteiger partial charge in [0.25, 0.3) is 0 Å². The van der Waals surface area contributed by atoms with Gasteiger partial charge in [-0.1, -0.05) is 0 Å². The molecule has 0 spiro atoms. The number of carbonyl (C=O) groups is 1. The van der Waals surface area contributed by atoms with Crippen LogP contribution in [0.25, 0.3) is 0 Å². The Balaban J connectivity index is 1.95. The van der Waals surface area contributed by atoms with Crippen molar-refractivity contribution in [3.05, 3.63) is 0 Å². The summed E-state index contributed by atoms with van der Waals surface area (Å²) in [6, 6.07) is 0.674. The number of rotatable bonds is 9. The van der Waals surface area contributed by atoms with E-state index in [0.29, 0.717) is 18.4 Å². The third kappa shape index (κ3) is 6.36. The first-order valence-corrected chi connectivity index (χ1v) is 7.23. The largest absolute Gasteiger partial charge is 0.356 e. The fourth-order valence-electron chi connectivity index (χ4n) is 1.95. The Morgan fingerprint density at radius 3 is 2.61 bits per heavy atom. The minimum Gasteiger partial charge on any atom is -0.356 e. The van der Waals surface area contributed by atoms with E-state index in [9.17, 15) is 4.79 Å². The lowest BCUT2D eigenvalue weighted by molar-refractivity contribution is -0.121. The minimum atomic E-state index is 0.0806. The molecule has 1 aliphatic rings. The molecular weight excluding hydrogens is 226 g/mol. The molecule has 0 bridgehead atoms. The maximum atomic E-state index is 11.6. The van der Waals surface area contributed by atoms with Crippen LogP contribution in [0, 0.1) is 5.92 Å². The lowest BCUT2D eigenvalue weighted by Crippen LogP contribution is -2.33. The molecule has 4 heteroatoms. The maximum absolute atomic E-state index is 11.6. The van der Waals surface area contributed by atoms with Gasteiger partial charge in [0.1, 0.15) is 0 Å². The van der Waals surface area contributed by atoms with Crippen LogP contribution < -0.4 is 11.1 Å². The van der Waals surface area contributed by atoms with Crippen molar-refractivity contribution in [2.24, 2.45) is 11.7 Å². The van der Waals surface area contributed by atoms with Crippen molar-refractivity contribution >= 4 is 5.91 Å². The molecule has 18 heavy (non-hydrogen) atoms. The highest BCUT2D eigenvalue weighted by Crippen LogP contribution is 2.32. The Bertz CT molecular complexity index is 251. The summed E-state index contributed by atoms with van der Waals surface area (Å²) in [4.78, 5) is 13.9. The number of nitrogens with one attached hydrogen (secondary N) is 1. The van der Waals surface area contributed by atoms with Crippen molar-refractivity contribution in [2.45, 2.75) is 58.0 Å². The van der Waals surface area contributed by atoms with Crippen LogP contribution in [-0.4, -0.2) is 43.0 Å². The fraction of sp³-hybridized carbons (Fsp3) is 0.929. The van der Waals surface area contributed by atoms with Gasteiger partial charge in [-0.05, 0) is 59.0 Å². The molecule has 0 aromatic carbocycles. The molecule has 4 nitrogen and oxygen atoms in total. The molecule has 0 heterocycles. The predicted molar refractivity (Wildman–Crippen MR) is 75.3 cm³/mol. The monoisotopic (exact) mass is 255 g/mol. The molecule has 1 unspecified atom stereocenters. The summed E-state index contributed by atoms with van der Waals surface area (Å²) in [5.74, 6) is 0.724. The van der Waals surface area contributed by atoms with Gasteiger partial charge in [-0.3, -0.25) is 4.79 Å². The summed E-state index contributed by atoms with van der Waals surface area (Å²) in [7, 11) is 2.14. The third-order valence-electron chi connectivity index (χ3n) is 3.79. The molecule has 1 atom stereocenters. The average molecular weight is 255 g/mol. The van der Waals surface area contributed by atoms with Gasteiger partial charge in [0.15, 0.2) is 0 Å². The average Bonchev–Trinajstić information content (AvgIpc) is 3.11. The summed E-state index contributed by atoms with van der Waals surface area (Å²) in [6.45, 7) is 6.26. The zero-order valence-electron chi connectivity index (χ0n) is 12.1. The molecule has 1 aliphatic carbocycles. The van der Waals surface area contributed by atoms with Crippen LogP contribution in [0.5, 0.6) is 0 Å². The zero-order chi connectivity index (χ0) is 13.5. The maximum Gasteiger partial charge on any atom is 0.221 e. The molecule has 1 fully saturated rings. The first kappa shape index (κ1) is 15.4. The second-order valence-electron chi connectivity index (χ2n) is 5.84. The summed E-state index contributed by atoms with van der Waals surface area (Å²) in [5.41, 5.74) is 5.92. The van der Waals surface area contributed by atoms with E-state index in [2.05, 4.69) is 31.1 Å². The molecular formula is C14H29N3O. The molecule has 106 valence electrons. The van der Waals surface area contributed by atoms with E-state index in [1.165, 1.54) is 12.8 Å². The summed E-state index contributed by atoms with van der Waals surface area (Å²) >= 11 is 0. The van der Waals surface area contributed by atoms with E-state index in [1.807, 2.05) is 0 Å². The Morgan fingerprint density at radius 2 is 2.06 bits per heavy atom. The Hall–Kier alpha value is -0.610. The predicted octanol–water partition coefficient (Wildman–Crippen LogP) is 1.35. The van der Waals surface area contributed by atoms with Gasteiger partial charge in [0.2, 0.25) is 5.91 Å². The van der Waals surface area contributed by atoms with Crippen molar-refractivity contribution in [1.29, 1.82) is 0 Å². The SMILES string of the molecule is CC(C)N(C)CCCCNC(=O)CC(N)C1CC1. The molecule has 1 rings (SSSR count). The fourth-order valence-corrected chi connectivity index (χ4v) is 1.95. The lowest BCUT2D eigenvalue weighted by Gasteiger charge is -2.20. The molecule has 1 amide bonds.